The molecule has 0 N–H and O–H groups in total. The Labute approximate surface area is 127 Å². The molecule has 2 heteroatoms. The lowest BCUT2D eigenvalue weighted by Gasteiger charge is -2.26. The lowest BCUT2D eigenvalue weighted by atomic mass is 10.2. The van der Waals surface area contributed by atoms with Crippen LogP contribution in [0.3, 0.4) is 0 Å². The third-order valence-electron chi connectivity index (χ3n) is 4.39. The van der Waals surface area contributed by atoms with Crippen LogP contribution in [0.5, 0.6) is 0 Å². The predicted octanol–water partition coefficient (Wildman–Crippen LogP) is 6.45. The second kappa shape index (κ2) is 10.7. The van der Waals surface area contributed by atoms with Gasteiger partial charge in [-0.25, -0.2) is 0 Å². The molecule has 1 rings (SSSR count). The summed E-state index contributed by atoms with van der Waals surface area (Å²) in [4.78, 5) is 0. The second-order valence-corrected chi connectivity index (χ2v) is 10.4. The maximum atomic E-state index is 5.96. The molecule has 0 unspecified atom stereocenters. The number of unbranched alkanes of at least 4 members (excludes halogenated alkanes) is 3. The highest BCUT2D eigenvalue weighted by Gasteiger charge is 2.34. The van der Waals surface area contributed by atoms with Gasteiger partial charge in [0, 0.05) is 13.7 Å². The van der Waals surface area contributed by atoms with Gasteiger partial charge in [-0.3, -0.25) is 0 Å². The van der Waals surface area contributed by atoms with Crippen LogP contribution in [-0.2, 0) is 4.74 Å². The maximum absolute atomic E-state index is 5.96. The number of rotatable bonds is 10. The fraction of sp³-hybridized carbons (Fsp3) is 0.889. The van der Waals surface area contributed by atoms with Gasteiger partial charge >= 0.3 is 0 Å². The first-order valence-corrected chi connectivity index (χ1v) is 11.4. The van der Waals surface area contributed by atoms with Crippen molar-refractivity contribution in [1.29, 1.82) is 0 Å². The normalized spacial score (nSPS) is 18.2. The predicted molar refractivity (Wildman–Crippen MR) is 94.1 cm³/mol. The Morgan fingerprint density at radius 2 is 1.45 bits per heavy atom. The van der Waals surface area contributed by atoms with Gasteiger partial charge in [0.15, 0.2) is 0 Å². The van der Waals surface area contributed by atoms with Gasteiger partial charge in [0.1, 0.15) is 5.76 Å². The van der Waals surface area contributed by atoms with Crippen molar-refractivity contribution < 1.29 is 4.74 Å². The zero-order valence-corrected chi connectivity index (χ0v) is 15.0. The summed E-state index contributed by atoms with van der Waals surface area (Å²) in [5, 5.41) is 0. The van der Waals surface area contributed by atoms with Crippen molar-refractivity contribution in [2.75, 3.05) is 25.1 Å². The van der Waals surface area contributed by atoms with Crippen molar-refractivity contribution in [1.82, 2.24) is 0 Å². The molecule has 0 aromatic carbocycles. The summed E-state index contributed by atoms with van der Waals surface area (Å²) in [6.07, 6.45) is 16.4. The molecular formula is C18H36OP+. The molecule has 0 radical (unpaired) electrons. The first kappa shape index (κ1) is 18.0. The van der Waals surface area contributed by atoms with Crippen LogP contribution in [0.4, 0.5) is 0 Å². The lowest BCUT2D eigenvalue weighted by Crippen LogP contribution is -2.10. The Balaban J connectivity index is 2.79. The van der Waals surface area contributed by atoms with E-state index in [2.05, 4.69) is 26.6 Å². The molecule has 1 aliphatic heterocycles. The zero-order chi connectivity index (χ0) is 14.7. The maximum Gasteiger partial charge on any atom is 0.130 e. The van der Waals surface area contributed by atoms with Gasteiger partial charge in [-0.05, 0) is 32.1 Å². The van der Waals surface area contributed by atoms with Gasteiger partial charge in [-0.1, -0.05) is 40.0 Å². The highest BCUT2D eigenvalue weighted by molar-refractivity contribution is 7.78. The molecule has 1 saturated heterocycles. The largest absolute Gasteiger partial charge is 0.494 e. The topological polar surface area (TPSA) is 9.23 Å². The van der Waals surface area contributed by atoms with Crippen molar-refractivity contribution in [2.24, 2.45) is 0 Å². The van der Waals surface area contributed by atoms with E-state index in [1.54, 1.807) is 0 Å². The van der Waals surface area contributed by atoms with Crippen molar-refractivity contribution in [3.05, 3.63) is 11.6 Å². The molecular weight excluding hydrogens is 263 g/mol. The lowest BCUT2D eigenvalue weighted by molar-refractivity contribution is 0.167. The molecule has 20 heavy (non-hydrogen) atoms. The van der Waals surface area contributed by atoms with E-state index in [4.69, 9.17) is 4.74 Å². The quantitative estimate of drug-likeness (QED) is 0.421. The highest BCUT2D eigenvalue weighted by Crippen LogP contribution is 2.63. The second-order valence-electron chi connectivity index (χ2n) is 6.35. The van der Waals surface area contributed by atoms with E-state index in [9.17, 15) is 0 Å². The monoisotopic (exact) mass is 299 g/mol. The van der Waals surface area contributed by atoms with E-state index in [0.717, 1.165) is 6.61 Å². The summed E-state index contributed by atoms with van der Waals surface area (Å²) < 4.78 is 5.96. The Morgan fingerprint density at radius 3 is 1.85 bits per heavy atom. The average molecular weight is 299 g/mol. The smallest absolute Gasteiger partial charge is 0.130 e. The third-order valence-corrected chi connectivity index (χ3v) is 8.85. The summed E-state index contributed by atoms with van der Waals surface area (Å²) in [5.74, 6) is 4.03. The van der Waals surface area contributed by atoms with Crippen molar-refractivity contribution in [3.63, 3.8) is 0 Å². The van der Waals surface area contributed by atoms with Crippen LogP contribution in [0.25, 0.3) is 0 Å². The summed E-state index contributed by atoms with van der Waals surface area (Å²) in [6.45, 7) is 7.96. The summed E-state index contributed by atoms with van der Waals surface area (Å²) in [7, 11) is -0.901. The fourth-order valence-electron chi connectivity index (χ4n) is 3.03. The van der Waals surface area contributed by atoms with Gasteiger partial charge in [0.2, 0.25) is 0 Å². The van der Waals surface area contributed by atoms with E-state index in [0.29, 0.717) is 0 Å². The molecule has 118 valence electrons. The number of hydrogen-bond donors (Lipinski definition) is 0. The molecule has 1 nitrogen and oxygen atoms in total. The summed E-state index contributed by atoms with van der Waals surface area (Å²) in [6, 6.07) is 0. The van der Waals surface area contributed by atoms with E-state index >= 15 is 0 Å². The Morgan fingerprint density at radius 1 is 0.900 bits per heavy atom. The van der Waals surface area contributed by atoms with Gasteiger partial charge in [-0.15, -0.1) is 0 Å². The van der Waals surface area contributed by atoms with Crippen LogP contribution in [0.1, 0.15) is 78.6 Å². The van der Waals surface area contributed by atoms with Crippen LogP contribution in [0, 0.1) is 0 Å². The summed E-state index contributed by atoms with van der Waals surface area (Å²) in [5.41, 5.74) is 0. The van der Waals surface area contributed by atoms with Crippen molar-refractivity contribution in [3.8, 4) is 0 Å². The molecule has 0 saturated carbocycles. The number of allylic oxidation sites excluding steroid dienone is 1. The molecule has 0 bridgehead atoms. The van der Waals surface area contributed by atoms with Crippen LogP contribution >= 0.6 is 7.26 Å². The Hall–Kier alpha value is -0.0300. The standard InChI is InChI=1S/C18H36OP/c1-4-7-14-20(15-8-5-2,16-9-6-3)17-18-12-10-11-13-19-18/h17H,4-16H2,1-3H3/q+1/b18-17-. The molecule has 0 aliphatic carbocycles. The van der Waals surface area contributed by atoms with Gasteiger partial charge < -0.3 is 4.74 Å². The highest BCUT2D eigenvalue weighted by atomic mass is 31.2. The minimum absolute atomic E-state index is 0.901. The third kappa shape index (κ3) is 6.61. The van der Waals surface area contributed by atoms with E-state index in [1.165, 1.54) is 82.0 Å². The number of hydrogen-bond acceptors (Lipinski definition) is 1. The van der Waals surface area contributed by atoms with E-state index < -0.39 is 7.26 Å². The van der Waals surface area contributed by atoms with Gasteiger partial charge in [0.25, 0.3) is 0 Å². The molecule has 0 spiro atoms. The molecule has 1 aliphatic rings. The minimum Gasteiger partial charge on any atom is -0.494 e. The molecule has 0 amide bonds. The van der Waals surface area contributed by atoms with Crippen molar-refractivity contribution in [2.45, 2.75) is 78.6 Å². The minimum atomic E-state index is -0.901. The first-order chi connectivity index (χ1) is 9.76. The zero-order valence-electron chi connectivity index (χ0n) is 14.1. The van der Waals surface area contributed by atoms with Crippen LogP contribution in [-0.4, -0.2) is 25.1 Å². The van der Waals surface area contributed by atoms with Gasteiger partial charge in [-0.2, -0.15) is 0 Å². The fourth-order valence-corrected chi connectivity index (χ4v) is 7.74. The van der Waals surface area contributed by atoms with Crippen LogP contribution in [0.2, 0.25) is 0 Å². The molecule has 1 heterocycles. The SMILES string of the molecule is CCCC[P+](/C=C1/CCCCO1)(CCCC)CCCC. The van der Waals surface area contributed by atoms with Crippen LogP contribution < -0.4 is 0 Å². The first-order valence-electron chi connectivity index (χ1n) is 8.96. The number of ether oxygens (including phenoxy) is 1. The van der Waals surface area contributed by atoms with E-state index in [1.807, 2.05) is 0 Å². The Kier molecular flexibility index (Phi) is 9.61. The van der Waals surface area contributed by atoms with Crippen LogP contribution in [0.15, 0.2) is 11.6 Å². The van der Waals surface area contributed by atoms with Gasteiger partial charge in [0.05, 0.1) is 30.9 Å². The molecule has 0 atom stereocenters. The molecule has 1 fully saturated rings. The average Bonchev–Trinajstić information content (AvgIpc) is 2.49. The molecule has 0 aromatic heterocycles. The molecule has 0 aromatic rings. The summed E-state index contributed by atoms with van der Waals surface area (Å²) >= 11 is 0. The Bertz CT molecular complexity index is 243. The van der Waals surface area contributed by atoms with E-state index in [-0.39, 0.29) is 0 Å². The van der Waals surface area contributed by atoms with Crippen molar-refractivity contribution >= 4 is 7.26 Å².